The number of carbonyl (C=O) groups excluding carboxylic acids is 3. The van der Waals surface area contributed by atoms with E-state index < -0.39 is 50.6 Å². The van der Waals surface area contributed by atoms with Crippen LogP contribution >= 0.6 is 7.82 Å². The highest BCUT2D eigenvalue weighted by atomic mass is 31.2. The molecule has 1 fully saturated rings. The number of hydrogen-bond acceptors (Lipinski definition) is 12. The van der Waals surface area contributed by atoms with Crippen molar-refractivity contribution < 1.29 is 61.5 Å². The lowest BCUT2D eigenvalue weighted by molar-refractivity contribution is -0.870. The van der Waals surface area contributed by atoms with Crippen molar-refractivity contribution in [3.05, 3.63) is 47.0 Å². The molecule has 0 saturated heterocycles. The second-order valence-electron chi connectivity index (χ2n) is 18.1. The van der Waals surface area contributed by atoms with Gasteiger partial charge in [0.1, 0.15) is 37.1 Å². The van der Waals surface area contributed by atoms with E-state index in [-0.39, 0.29) is 44.2 Å². The molecule has 0 bridgehead atoms. The van der Waals surface area contributed by atoms with Crippen molar-refractivity contribution in [1.29, 1.82) is 0 Å². The van der Waals surface area contributed by atoms with Crippen LogP contribution in [0.5, 0.6) is 0 Å². The van der Waals surface area contributed by atoms with Gasteiger partial charge in [-0.05, 0) is 69.9 Å². The number of nitrogens with zero attached hydrogens (tertiary/aromatic N) is 1. The quantitative estimate of drug-likeness (QED) is 0.0218. The molecule has 1 saturated carbocycles. The molecule has 0 spiro atoms. The number of carbonyl (C=O) groups is 3. The molecular formula is C48H82NO12P. The number of aryl methyl sites for hydroxylation is 2. The molecule has 13 nitrogen and oxygen atoms in total. The fraction of sp³-hybridized carbons (Fsp3) is 0.771. The Kier molecular flexibility index (Phi) is 27.3. The lowest BCUT2D eigenvalue weighted by atomic mass is 9.90. The minimum Gasteiger partial charge on any atom is -0.756 e. The number of hydrogen-bond donors (Lipinski definition) is 2. The average molecular weight is 896 g/mol. The number of Topliss-reactive ketones (excluding diaryl/α,β-unsaturated/α-hetero) is 1. The lowest BCUT2D eigenvalue weighted by Crippen LogP contribution is -2.37. The van der Waals surface area contributed by atoms with Crippen molar-refractivity contribution in [1.82, 2.24) is 0 Å². The zero-order valence-electron chi connectivity index (χ0n) is 39.2. The van der Waals surface area contributed by atoms with Gasteiger partial charge in [-0.15, -0.1) is 0 Å². The largest absolute Gasteiger partial charge is 0.756 e. The van der Waals surface area contributed by atoms with Crippen molar-refractivity contribution in [3.8, 4) is 0 Å². The Labute approximate surface area is 373 Å². The Balaban J connectivity index is 1.78. The van der Waals surface area contributed by atoms with Gasteiger partial charge in [-0.2, -0.15) is 0 Å². The molecule has 0 amide bonds. The molecule has 1 aliphatic rings. The van der Waals surface area contributed by atoms with Crippen LogP contribution in [0, 0.1) is 25.7 Å². The molecule has 1 aliphatic carbocycles. The molecule has 2 N–H and O–H groups in total. The van der Waals surface area contributed by atoms with Crippen LogP contribution in [0.4, 0.5) is 0 Å². The molecule has 62 heavy (non-hydrogen) atoms. The minimum absolute atomic E-state index is 0.0243. The number of ether oxygens (including phenoxy) is 2. The maximum atomic E-state index is 12.8. The maximum Gasteiger partial charge on any atom is 0.306 e. The number of esters is 2. The molecule has 1 aromatic heterocycles. The van der Waals surface area contributed by atoms with E-state index >= 15 is 0 Å². The van der Waals surface area contributed by atoms with Gasteiger partial charge >= 0.3 is 11.9 Å². The van der Waals surface area contributed by atoms with Gasteiger partial charge in [-0.3, -0.25) is 18.9 Å². The van der Waals surface area contributed by atoms with Crippen LogP contribution in [0.15, 0.2) is 28.7 Å². The summed E-state index contributed by atoms with van der Waals surface area (Å²) in [5, 5.41) is 20.8. The van der Waals surface area contributed by atoms with E-state index in [1.807, 2.05) is 33.3 Å². The predicted molar refractivity (Wildman–Crippen MR) is 240 cm³/mol. The summed E-state index contributed by atoms with van der Waals surface area (Å²) < 4.78 is 40.1. The number of aliphatic hydroxyl groups is 2. The number of likely N-dealkylation sites (N-methyl/N-ethyl adjacent to an activating group) is 1. The molecule has 1 unspecified atom stereocenters. The van der Waals surface area contributed by atoms with Crippen molar-refractivity contribution >= 4 is 25.5 Å². The number of aliphatic hydroxyl groups excluding tert-OH is 2. The van der Waals surface area contributed by atoms with Crippen LogP contribution in [-0.2, 0) is 50.3 Å². The van der Waals surface area contributed by atoms with Gasteiger partial charge in [-0.1, -0.05) is 95.9 Å². The summed E-state index contributed by atoms with van der Waals surface area (Å²) in [4.78, 5) is 50.5. The monoisotopic (exact) mass is 896 g/mol. The molecule has 0 aromatic carbocycles. The normalized spacial score (nSPS) is 19.1. The van der Waals surface area contributed by atoms with Crippen LogP contribution < -0.4 is 4.89 Å². The van der Waals surface area contributed by atoms with E-state index in [1.165, 1.54) is 24.0 Å². The predicted octanol–water partition coefficient (Wildman–Crippen LogP) is 8.75. The number of phosphoric ester groups is 1. The lowest BCUT2D eigenvalue weighted by Gasteiger charge is -2.28. The second-order valence-corrected chi connectivity index (χ2v) is 19.5. The summed E-state index contributed by atoms with van der Waals surface area (Å²) in [6.45, 7) is 8.03. The zero-order valence-corrected chi connectivity index (χ0v) is 40.1. The summed E-state index contributed by atoms with van der Waals surface area (Å²) in [7, 11) is 0.975. The number of furan rings is 1. The fourth-order valence-electron chi connectivity index (χ4n) is 7.46. The van der Waals surface area contributed by atoms with Crippen molar-refractivity contribution in [2.75, 3.05) is 47.5 Å². The molecule has 0 radical (unpaired) electrons. The average Bonchev–Trinajstić information content (AvgIpc) is 3.63. The fourth-order valence-corrected chi connectivity index (χ4v) is 8.19. The number of phosphoric acid groups is 1. The number of quaternary nitrogens is 1. The van der Waals surface area contributed by atoms with Crippen LogP contribution in [-0.4, -0.2) is 98.2 Å². The topological polar surface area (TPSA) is 182 Å². The Morgan fingerprint density at radius 2 is 1.47 bits per heavy atom. The highest BCUT2D eigenvalue weighted by Crippen LogP contribution is 2.38. The van der Waals surface area contributed by atoms with Crippen molar-refractivity contribution in [2.45, 2.75) is 181 Å². The van der Waals surface area contributed by atoms with Crippen LogP contribution in [0.1, 0.15) is 158 Å². The van der Waals surface area contributed by atoms with E-state index in [2.05, 4.69) is 27.7 Å². The summed E-state index contributed by atoms with van der Waals surface area (Å²) in [5.74, 6) is 0.396. The zero-order chi connectivity index (χ0) is 46.0. The van der Waals surface area contributed by atoms with E-state index in [1.54, 1.807) is 12.2 Å². The van der Waals surface area contributed by atoms with Gasteiger partial charge in [0, 0.05) is 43.9 Å². The Hall–Kier alpha value is -2.64. The molecule has 6 atom stereocenters. The first kappa shape index (κ1) is 55.5. The third-order valence-corrected chi connectivity index (χ3v) is 12.5. The van der Waals surface area contributed by atoms with E-state index in [0.29, 0.717) is 43.1 Å². The highest BCUT2D eigenvalue weighted by Gasteiger charge is 2.39. The number of ketones is 1. The first-order valence-electron chi connectivity index (χ1n) is 23.5. The summed E-state index contributed by atoms with van der Waals surface area (Å²) >= 11 is 0. The first-order valence-corrected chi connectivity index (χ1v) is 25.0. The summed E-state index contributed by atoms with van der Waals surface area (Å²) in [6, 6.07) is 0. The number of allylic oxidation sites excluding steroid dienone is 3. The Morgan fingerprint density at radius 3 is 2.13 bits per heavy atom. The molecule has 1 aromatic rings. The van der Waals surface area contributed by atoms with Gasteiger partial charge in [-0.25, -0.2) is 0 Å². The van der Waals surface area contributed by atoms with Crippen LogP contribution in [0.2, 0.25) is 0 Å². The molecule has 14 heteroatoms. The Morgan fingerprint density at radius 1 is 0.855 bits per heavy atom. The molecular weight excluding hydrogens is 813 g/mol. The van der Waals surface area contributed by atoms with Crippen LogP contribution in [0.3, 0.4) is 0 Å². The van der Waals surface area contributed by atoms with Crippen molar-refractivity contribution in [2.24, 2.45) is 11.8 Å². The van der Waals surface area contributed by atoms with Gasteiger partial charge in [0.25, 0.3) is 7.82 Å². The van der Waals surface area contributed by atoms with Gasteiger partial charge in [0.2, 0.25) is 0 Å². The van der Waals surface area contributed by atoms with E-state index in [4.69, 9.17) is 22.9 Å². The van der Waals surface area contributed by atoms with Crippen LogP contribution in [0.25, 0.3) is 0 Å². The van der Waals surface area contributed by atoms with Gasteiger partial charge in [0.05, 0.1) is 40.0 Å². The second kappa shape index (κ2) is 30.5. The summed E-state index contributed by atoms with van der Waals surface area (Å²) in [5.41, 5.74) is 2.57. The highest BCUT2D eigenvalue weighted by molar-refractivity contribution is 7.45. The SMILES string of the molecule is CCCCCc1oc(CCCCCCCCC(=O)OC[C@H](COP(=O)([O-])OCC[N+](C)(C)C)OC(=O)CCC/C=C\C[C@H]2[C@@H](O)CC(=O)[C@@H]2/C=C/[C@@H](O)CCCCC)c(C)c1C. The first-order chi connectivity index (χ1) is 29.5. The molecule has 356 valence electrons. The molecule has 1 heterocycles. The van der Waals surface area contributed by atoms with Crippen molar-refractivity contribution in [3.63, 3.8) is 0 Å². The molecule has 0 aliphatic heterocycles. The standard InChI is InChI=1S/C48H82NO12P/c1-8-10-18-24-39(50)30-31-42-41(43(51)34-44(42)52)25-20-16-17-23-29-48(54)60-40(36-59-62(55,56)58-33-32-49(5,6)7)35-57-47(53)28-22-15-13-12-14-21-27-46-38(4)37(3)45(61-46)26-19-11-9-2/h16,20,30-31,39-43,50-51H,8-15,17-19,21-29,32-36H2,1-7H3/b20-16-,31-30+/t39-,40+,41+,42+,43-/m0/s1. The maximum absolute atomic E-state index is 12.8. The number of rotatable bonds is 35. The van der Waals surface area contributed by atoms with Gasteiger partial charge < -0.3 is 42.5 Å². The van der Waals surface area contributed by atoms with E-state index in [0.717, 1.165) is 82.1 Å². The smallest absolute Gasteiger partial charge is 0.306 e. The third-order valence-electron chi connectivity index (χ3n) is 11.6. The minimum atomic E-state index is -4.72. The van der Waals surface area contributed by atoms with Gasteiger partial charge in [0.15, 0.2) is 6.10 Å². The summed E-state index contributed by atoms with van der Waals surface area (Å²) in [6.07, 6.45) is 21.3. The Bertz CT molecular complexity index is 1550. The molecule has 2 rings (SSSR count). The number of unbranched alkanes of at least 4 members (excludes halogenated alkanes) is 10. The van der Waals surface area contributed by atoms with E-state index in [9.17, 15) is 34.1 Å². The third kappa shape index (κ3) is 23.9.